The van der Waals surface area contributed by atoms with Gasteiger partial charge in [0.25, 0.3) is 6.01 Å². The van der Waals surface area contributed by atoms with Crippen LogP contribution in [0.15, 0.2) is 29.3 Å². The normalized spacial score (nSPS) is 19.5. The number of nitrogens with zero attached hydrogens (tertiary/aromatic N) is 6. The van der Waals surface area contributed by atoms with E-state index in [-0.39, 0.29) is 6.03 Å². The largest absolute Gasteiger partial charge is 0.432 e. The van der Waals surface area contributed by atoms with Crippen molar-refractivity contribution in [2.75, 3.05) is 43.0 Å². The summed E-state index contributed by atoms with van der Waals surface area (Å²) >= 11 is 0. The summed E-state index contributed by atoms with van der Waals surface area (Å²) in [5.41, 5.74) is 0.860. The van der Waals surface area contributed by atoms with E-state index in [1.165, 1.54) is 0 Å². The highest BCUT2D eigenvalue weighted by molar-refractivity contribution is 5.93. The maximum Gasteiger partial charge on any atom is 0.324 e. The summed E-state index contributed by atoms with van der Waals surface area (Å²) in [5, 5.41) is 4.38. The van der Waals surface area contributed by atoms with E-state index in [0.29, 0.717) is 18.6 Å². The molecule has 0 N–H and O–H groups in total. The Kier molecular flexibility index (Phi) is 2.63. The molecule has 8 heteroatoms. The molecule has 4 heterocycles. The van der Waals surface area contributed by atoms with Crippen molar-refractivity contribution in [2.45, 2.75) is 6.04 Å². The van der Waals surface area contributed by atoms with Gasteiger partial charge in [-0.2, -0.15) is 5.10 Å². The number of anilines is 2. The second-order valence-corrected chi connectivity index (χ2v) is 5.41. The summed E-state index contributed by atoms with van der Waals surface area (Å²) in [6.45, 7) is 3.10. The number of aromatic nitrogens is 3. The first-order chi connectivity index (χ1) is 10.2. The lowest BCUT2D eigenvalue weighted by atomic mass is 10.1. The van der Waals surface area contributed by atoms with E-state index in [9.17, 15) is 4.79 Å². The number of amides is 2. The van der Waals surface area contributed by atoms with Crippen molar-refractivity contribution in [1.29, 1.82) is 0 Å². The first kappa shape index (κ1) is 12.2. The smallest absolute Gasteiger partial charge is 0.324 e. The molecular formula is C13H16N6O2. The molecule has 0 aliphatic carbocycles. The Morgan fingerprint density at radius 1 is 1.33 bits per heavy atom. The average Bonchev–Trinajstić information content (AvgIpc) is 3.13. The number of carbonyl (C=O) groups is 1. The van der Waals surface area contributed by atoms with Crippen LogP contribution in [-0.4, -0.2) is 58.9 Å². The molecule has 110 valence electrons. The fraction of sp³-hybridized carbons (Fsp3) is 0.462. The summed E-state index contributed by atoms with van der Waals surface area (Å²) < 4.78 is 7.18. The molecule has 2 aliphatic rings. The van der Waals surface area contributed by atoms with Crippen LogP contribution >= 0.6 is 0 Å². The maximum atomic E-state index is 12.0. The zero-order valence-electron chi connectivity index (χ0n) is 11.7. The Hall–Kier alpha value is -2.51. The number of carbonyl (C=O) groups excluding carboxylic acids is 1. The first-order valence-electron chi connectivity index (χ1n) is 6.93. The van der Waals surface area contributed by atoms with Gasteiger partial charge in [0.15, 0.2) is 0 Å². The van der Waals surface area contributed by atoms with E-state index in [1.54, 1.807) is 28.5 Å². The molecule has 2 aromatic heterocycles. The van der Waals surface area contributed by atoms with Crippen molar-refractivity contribution in [2.24, 2.45) is 0 Å². The second kappa shape index (κ2) is 4.51. The number of rotatable bonds is 3. The maximum absolute atomic E-state index is 12.0. The molecule has 2 saturated heterocycles. The van der Waals surface area contributed by atoms with E-state index in [0.717, 1.165) is 25.3 Å². The van der Waals surface area contributed by atoms with Crippen LogP contribution in [0.5, 0.6) is 0 Å². The number of oxazole rings is 1. The van der Waals surface area contributed by atoms with E-state index >= 15 is 0 Å². The molecule has 0 bridgehead atoms. The van der Waals surface area contributed by atoms with Crippen molar-refractivity contribution in [3.8, 4) is 0 Å². The minimum atomic E-state index is 0.0320. The number of hydrogen-bond donors (Lipinski definition) is 0. The molecule has 4 rings (SSSR count). The van der Waals surface area contributed by atoms with Crippen molar-refractivity contribution in [1.82, 2.24) is 19.7 Å². The lowest BCUT2D eigenvalue weighted by Gasteiger charge is -2.37. The van der Waals surface area contributed by atoms with E-state index in [2.05, 4.69) is 15.0 Å². The molecule has 0 radical (unpaired) electrons. The highest BCUT2D eigenvalue weighted by atomic mass is 16.4. The molecular weight excluding hydrogens is 272 g/mol. The van der Waals surface area contributed by atoms with Crippen molar-refractivity contribution < 1.29 is 9.21 Å². The van der Waals surface area contributed by atoms with Gasteiger partial charge in [-0.1, -0.05) is 0 Å². The Labute approximate surface area is 121 Å². The highest BCUT2D eigenvalue weighted by Crippen LogP contribution is 2.28. The minimum absolute atomic E-state index is 0.0320. The van der Waals surface area contributed by atoms with Gasteiger partial charge in [0.05, 0.1) is 24.1 Å². The quantitative estimate of drug-likeness (QED) is 0.835. The molecule has 0 atom stereocenters. The second-order valence-electron chi connectivity index (χ2n) is 5.41. The highest BCUT2D eigenvalue weighted by Gasteiger charge is 2.33. The van der Waals surface area contributed by atoms with Crippen LogP contribution in [0.25, 0.3) is 0 Å². The zero-order valence-corrected chi connectivity index (χ0v) is 11.7. The third kappa shape index (κ3) is 1.94. The summed E-state index contributed by atoms with van der Waals surface area (Å²) in [4.78, 5) is 21.6. The molecule has 2 amide bonds. The third-order valence-corrected chi connectivity index (χ3v) is 4.04. The summed E-state index contributed by atoms with van der Waals surface area (Å²) in [5.74, 6) is 0. The molecule has 8 nitrogen and oxygen atoms in total. The summed E-state index contributed by atoms with van der Waals surface area (Å²) in [7, 11) is 1.81. The number of urea groups is 1. The van der Waals surface area contributed by atoms with Crippen LogP contribution in [0.3, 0.4) is 0 Å². The molecule has 2 aromatic rings. The van der Waals surface area contributed by atoms with Gasteiger partial charge in [0, 0.05) is 39.4 Å². The molecule has 0 saturated carbocycles. The molecule has 21 heavy (non-hydrogen) atoms. The van der Waals surface area contributed by atoms with Gasteiger partial charge in [-0.3, -0.25) is 9.58 Å². The van der Waals surface area contributed by atoms with Crippen LogP contribution in [0.1, 0.15) is 6.04 Å². The monoisotopic (exact) mass is 288 g/mol. The van der Waals surface area contributed by atoms with Crippen LogP contribution in [0.2, 0.25) is 0 Å². The fourth-order valence-electron chi connectivity index (χ4n) is 2.70. The van der Waals surface area contributed by atoms with Crippen molar-refractivity contribution in [3.05, 3.63) is 24.9 Å². The standard InChI is InChI=1S/C13H16N6O2/c1-16-3-4-18(13(16)20)10-6-15-19(9-10)11-7-17(8-11)12-14-2-5-21-12/h2,5-6,9,11H,3-4,7-8H2,1H3. The Bertz CT molecular complexity index is 645. The molecule has 0 spiro atoms. The van der Waals surface area contributed by atoms with Crippen LogP contribution in [0.4, 0.5) is 16.5 Å². The lowest BCUT2D eigenvalue weighted by Crippen LogP contribution is -2.48. The fourth-order valence-corrected chi connectivity index (χ4v) is 2.70. The third-order valence-electron chi connectivity index (χ3n) is 4.04. The Morgan fingerprint density at radius 3 is 2.86 bits per heavy atom. The topological polar surface area (TPSA) is 70.6 Å². The minimum Gasteiger partial charge on any atom is -0.432 e. The predicted molar refractivity (Wildman–Crippen MR) is 75.4 cm³/mol. The average molecular weight is 288 g/mol. The first-order valence-corrected chi connectivity index (χ1v) is 6.93. The Morgan fingerprint density at radius 2 is 2.19 bits per heavy atom. The summed E-state index contributed by atoms with van der Waals surface area (Å²) in [6.07, 6.45) is 6.91. The van der Waals surface area contributed by atoms with Gasteiger partial charge >= 0.3 is 6.03 Å². The van der Waals surface area contributed by atoms with E-state index in [4.69, 9.17) is 4.42 Å². The molecule has 2 aliphatic heterocycles. The van der Waals surface area contributed by atoms with Crippen molar-refractivity contribution in [3.63, 3.8) is 0 Å². The lowest BCUT2D eigenvalue weighted by molar-refractivity contribution is 0.229. The van der Waals surface area contributed by atoms with E-state index in [1.807, 2.05) is 17.9 Å². The van der Waals surface area contributed by atoms with Crippen molar-refractivity contribution >= 4 is 17.7 Å². The molecule has 0 aromatic carbocycles. The van der Waals surface area contributed by atoms with Crippen LogP contribution < -0.4 is 9.80 Å². The van der Waals surface area contributed by atoms with Gasteiger partial charge in [-0.25, -0.2) is 9.78 Å². The molecule has 2 fully saturated rings. The number of likely N-dealkylation sites (N-methyl/N-ethyl adjacent to an activating group) is 1. The van der Waals surface area contributed by atoms with Gasteiger partial charge in [0.1, 0.15) is 6.26 Å². The molecule has 0 unspecified atom stereocenters. The number of hydrogen-bond acceptors (Lipinski definition) is 5. The van der Waals surface area contributed by atoms with Gasteiger partial charge in [-0.15, -0.1) is 0 Å². The van der Waals surface area contributed by atoms with Crippen LogP contribution in [0, 0.1) is 0 Å². The van der Waals surface area contributed by atoms with E-state index < -0.39 is 0 Å². The summed E-state index contributed by atoms with van der Waals surface area (Å²) in [6, 6.07) is 0.973. The predicted octanol–water partition coefficient (Wildman–Crippen LogP) is 0.804. The van der Waals surface area contributed by atoms with Gasteiger partial charge < -0.3 is 14.2 Å². The Balaban J connectivity index is 1.43. The van der Waals surface area contributed by atoms with Gasteiger partial charge in [-0.05, 0) is 0 Å². The zero-order chi connectivity index (χ0) is 14.4. The van der Waals surface area contributed by atoms with Crippen LogP contribution in [-0.2, 0) is 0 Å². The SMILES string of the molecule is CN1CCN(c2cnn(C3CN(c4ncco4)C3)c2)C1=O. The van der Waals surface area contributed by atoms with Gasteiger partial charge in [0.2, 0.25) is 0 Å².